The molecule has 0 aliphatic heterocycles. The fraction of sp³-hybridized carbons (Fsp3) is 0. The summed E-state index contributed by atoms with van der Waals surface area (Å²) in [5, 5.41) is 0. The highest BCUT2D eigenvalue weighted by molar-refractivity contribution is 9.10. The molecule has 0 spiro atoms. The summed E-state index contributed by atoms with van der Waals surface area (Å²) in [6, 6.07) is 8.37. The van der Waals surface area contributed by atoms with Crippen LogP contribution >= 0.6 is 15.9 Å². The van der Waals surface area contributed by atoms with Gasteiger partial charge in [-0.25, -0.2) is 13.8 Å². The van der Waals surface area contributed by atoms with Crippen molar-refractivity contribution in [2.24, 2.45) is 0 Å². The molecule has 0 saturated heterocycles. The second-order valence-corrected chi connectivity index (χ2v) is 3.78. The van der Waals surface area contributed by atoms with Gasteiger partial charge < -0.3 is 0 Å². The van der Waals surface area contributed by atoms with Crippen LogP contribution in [0.1, 0.15) is 0 Å². The first-order chi connectivity index (χ1) is 7.16. The van der Waals surface area contributed by atoms with Crippen LogP contribution in [0.5, 0.6) is 0 Å². The molecule has 0 atom stereocenters. The molecule has 2 aromatic rings. The van der Waals surface area contributed by atoms with Gasteiger partial charge in [0.05, 0.1) is 5.69 Å². The first-order valence-electron chi connectivity index (χ1n) is 4.25. The van der Waals surface area contributed by atoms with Gasteiger partial charge in [-0.15, -0.1) is 0 Å². The zero-order valence-corrected chi connectivity index (χ0v) is 9.13. The normalized spacial score (nSPS) is 10.3. The summed E-state index contributed by atoms with van der Waals surface area (Å²) in [6.07, 6.45) is 0. The molecule has 76 valence electrons. The number of hydrogen-bond donors (Lipinski definition) is 0. The lowest BCUT2D eigenvalue weighted by Crippen LogP contribution is -1.89. The van der Waals surface area contributed by atoms with Crippen molar-refractivity contribution >= 4 is 15.9 Å². The van der Waals surface area contributed by atoms with E-state index in [1.54, 1.807) is 18.2 Å². The monoisotopic (exact) mass is 269 g/mol. The van der Waals surface area contributed by atoms with Crippen LogP contribution in [0.2, 0.25) is 0 Å². The van der Waals surface area contributed by atoms with Crippen LogP contribution < -0.4 is 0 Å². The zero-order valence-electron chi connectivity index (χ0n) is 7.55. The van der Waals surface area contributed by atoms with Crippen molar-refractivity contribution in [1.29, 1.82) is 0 Å². The Morgan fingerprint density at radius 3 is 2.60 bits per heavy atom. The predicted molar refractivity (Wildman–Crippen MR) is 57.3 cm³/mol. The molecule has 1 aromatic heterocycles. The SMILES string of the molecule is Fc1ccc(F)c(-c2cccc(Br)n2)c1. The molecule has 15 heavy (non-hydrogen) atoms. The van der Waals surface area contributed by atoms with E-state index >= 15 is 0 Å². The van der Waals surface area contributed by atoms with Gasteiger partial charge in [-0.1, -0.05) is 6.07 Å². The van der Waals surface area contributed by atoms with Crippen molar-refractivity contribution in [2.75, 3.05) is 0 Å². The van der Waals surface area contributed by atoms with Crippen LogP contribution in [0.4, 0.5) is 8.78 Å². The van der Waals surface area contributed by atoms with E-state index in [-0.39, 0.29) is 5.56 Å². The van der Waals surface area contributed by atoms with Gasteiger partial charge >= 0.3 is 0 Å². The fourth-order valence-electron chi connectivity index (χ4n) is 1.25. The van der Waals surface area contributed by atoms with Gasteiger partial charge in [0.15, 0.2) is 0 Å². The summed E-state index contributed by atoms with van der Waals surface area (Å²) < 4.78 is 26.9. The van der Waals surface area contributed by atoms with E-state index in [2.05, 4.69) is 20.9 Å². The van der Waals surface area contributed by atoms with Crippen LogP contribution in [0.25, 0.3) is 11.3 Å². The third-order valence-corrected chi connectivity index (χ3v) is 2.36. The van der Waals surface area contributed by atoms with Crippen LogP contribution in [-0.2, 0) is 0 Å². The Morgan fingerprint density at radius 1 is 1.07 bits per heavy atom. The third kappa shape index (κ3) is 2.21. The summed E-state index contributed by atoms with van der Waals surface area (Å²) in [7, 11) is 0. The number of benzene rings is 1. The highest BCUT2D eigenvalue weighted by Gasteiger charge is 2.07. The molecule has 0 fully saturated rings. The summed E-state index contributed by atoms with van der Waals surface area (Å²) in [5.41, 5.74) is 0.567. The molecule has 0 unspecified atom stereocenters. The molecule has 0 N–H and O–H groups in total. The van der Waals surface area contributed by atoms with Gasteiger partial charge in [0.2, 0.25) is 0 Å². The molecule has 2 rings (SSSR count). The minimum Gasteiger partial charge on any atom is -0.241 e. The first-order valence-corrected chi connectivity index (χ1v) is 5.04. The minimum atomic E-state index is -0.484. The third-order valence-electron chi connectivity index (χ3n) is 1.92. The summed E-state index contributed by atoms with van der Waals surface area (Å²) in [4.78, 5) is 4.06. The van der Waals surface area contributed by atoms with Gasteiger partial charge in [0, 0.05) is 5.56 Å². The topological polar surface area (TPSA) is 12.9 Å². The van der Waals surface area contributed by atoms with Crippen LogP contribution in [0.15, 0.2) is 41.0 Å². The number of halogens is 3. The minimum absolute atomic E-state index is 0.163. The Kier molecular flexibility index (Phi) is 2.77. The van der Waals surface area contributed by atoms with Crippen molar-refractivity contribution in [2.45, 2.75) is 0 Å². The lowest BCUT2D eigenvalue weighted by molar-refractivity contribution is 0.602. The maximum atomic E-state index is 13.4. The second kappa shape index (κ2) is 4.06. The zero-order chi connectivity index (χ0) is 10.8. The average Bonchev–Trinajstić information content (AvgIpc) is 2.22. The number of aromatic nitrogens is 1. The van der Waals surface area contributed by atoms with E-state index in [1.807, 2.05) is 0 Å². The van der Waals surface area contributed by atoms with Gasteiger partial charge in [-0.05, 0) is 46.3 Å². The van der Waals surface area contributed by atoms with Crippen molar-refractivity contribution in [1.82, 2.24) is 4.98 Å². The summed E-state index contributed by atoms with van der Waals surface area (Å²) in [5.74, 6) is -0.963. The van der Waals surface area contributed by atoms with Crippen LogP contribution in [0, 0.1) is 11.6 Å². The van der Waals surface area contributed by atoms with Gasteiger partial charge in [-0.2, -0.15) is 0 Å². The molecular weight excluding hydrogens is 264 g/mol. The maximum absolute atomic E-state index is 13.4. The van der Waals surface area contributed by atoms with Crippen LogP contribution in [-0.4, -0.2) is 4.98 Å². The molecule has 0 bridgehead atoms. The predicted octanol–water partition coefficient (Wildman–Crippen LogP) is 3.79. The second-order valence-electron chi connectivity index (χ2n) is 2.97. The largest absolute Gasteiger partial charge is 0.241 e. The average molecular weight is 270 g/mol. The molecule has 1 nitrogen and oxygen atoms in total. The lowest BCUT2D eigenvalue weighted by Gasteiger charge is -2.02. The van der Waals surface area contributed by atoms with Crippen molar-refractivity contribution < 1.29 is 8.78 Å². The Morgan fingerprint density at radius 2 is 1.87 bits per heavy atom. The molecule has 4 heteroatoms. The van der Waals surface area contributed by atoms with Crippen molar-refractivity contribution in [3.63, 3.8) is 0 Å². The highest BCUT2D eigenvalue weighted by atomic mass is 79.9. The Labute approximate surface area is 93.9 Å². The number of hydrogen-bond acceptors (Lipinski definition) is 1. The van der Waals surface area contributed by atoms with Gasteiger partial charge in [-0.3, -0.25) is 0 Å². The highest BCUT2D eigenvalue weighted by Crippen LogP contribution is 2.23. The molecule has 1 heterocycles. The molecule has 0 saturated carbocycles. The molecule has 0 amide bonds. The Hall–Kier alpha value is -1.29. The van der Waals surface area contributed by atoms with Crippen molar-refractivity contribution in [3.05, 3.63) is 52.6 Å². The van der Waals surface area contributed by atoms with E-state index in [1.165, 1.54) is 0 Å². The molecule has 1 aromatic carbocycles. The van der Waals surface area contributed by atoms with E-state index < -0.39 is 11.6 Å². The summed E-state index contributed by atoms with van der Waals surface area (Å²) >= 11 is 3.18. The molecule has 0 aliphatic carbocycles. The number of nitrogens with zero attached hydrogens (tertiary/aromatic N) is 1. The van der Waals surface area contributed by atoms with E-state index in [0.717, 1.165) is 18.2 Å². The Bertz CT molecular complexity index is 500. The Balaban J connectivity index is 2.58. The fourth-order valence-corrected chi connectivity index (χ4v) is 1.60. The van der Waals surface area contributed by atoms with Crippen molar-refractivity contribution in [3.8, 4) is 11.3 Å². The number of rotatable bonds is 1. The molecular formula is C11H6BrF2N. The first kappa shape index (κ1) is 10.2. The van der Waals surface area contributed by atoms with E-state index in [9.17, 15) is 8.78 Å². The summed E-state index contributed by atoms with van der Waals surface area (Å²) in [6.45, 7) is 0. The van der Waals surface area contributed by atoms with Gasteiger partial charge in [0.25, 0.3) is 0 Å². The van der Waals surface area contributed by atoms with Gasteiger partial charge in [0.1, 0.15) is 16.2 Å². The number of pyridine rings is 1. The maximum Gasteiger partial charge on any atom is 0.132 e. The van der Waals surface area contributed by atoms with Crippen LogP contribution in [0.3, 0.4) is 0 Å². The molecule has 0 aliphatic rings. The smallest absolute Gasteiger partial charge is 0.132 e. The van der Waals surface area contributed by atoms with E-state index in [4.69, 9.17) is 0 Å². The standard InChI is InChI=1S/C11H6BrF2N/c12-11-3-1-2-10(15-11)8-6-7(13)4-5-9(8)14/h1-6H. The quantitative estimate of drug-likeness (QED) is 0.718. The lowest BCUT2D eigenvalue weighted by atomic mass is 10.1. The van der Waals surface area contributed by atoms with E-state index in [0.29, 0.717) is 10.3 Å². The molecule has 0 radical (unpaired) electrons.